The van der Waals surface area contributed by atoms with Crippen LogP contribution in [0.1, 0.15) is 59.8 Å². The fourth-order valence-corrected chi connectivity index (χ4v) is 3.27. The second-order valence-corrected chi connectivity index (χ2v) is 7.16. The SMILES string of the molecule is C/C=C(\C)C(=O)OC(C)(C)C1CC2=C(CC3=C(CCC(=O)O3)C2)O1. The molecule has 2 heterocycles. The summed E-state index contributed by atoms with van der Waals surface area (Å²) in [5.41, 5.74) is 2.30. The number of ether oxygens (including phenoxy) is 3. The van der Waals surface area contributed by atoms with Gasteiger partial charge in [0.2, 0.25) is 0 Å². The molecule has 0 N–H and O–H groups in total. The number of allylic oxidation sites excluding steroid dienone is 2. The van der Waals surface area contributed by atoms with E-state index in [9.17, 15) is 9.59 Å². The Morgan fingerprint density at radius 2 is 1.96 bits per heavy atom. The van der Waals surface area contributed by atoms with Gasteiger partial charge in [-0.05, 0) is 51.7 Å². The van der Waals surface area contributed by atoms with Crippen LogP contribution in [0, 0.1) is 0 Å². The molecule has 0 saturated carbocycles. The Bertz CT molecular complexity index is 678. The first-order chi connectivity index (χ1) is 11.3. The van der Waals surface area contributed by atoms with Crippen molar-refractivity contribution in [2.24, 2.45) is 0 Å². The molecule has 1 atom stereocenters. The highest BCUT2D eigenvalue weighted by molar-refractivity contribution is 5.88. The molecule has 0 spiro atoms. The van der Waals surface area contributed by atoms with E-state index in [4.69, 9.17) is 14.2 Å². The summed E-state index contributed by atoms with van der Waals surface area (Å²) in [6, 6.07) is 0. The highest BCUT2D eigenvalue weighted by Crippen LogP contribution is 2.44. The van der Waals surface area contributed by atoms with Gasteiger partial charge in [-0.25, -0.2) is 4.79 Å². The lowest BCUT2D eigenvalue weighted by Crippen LogP contribution is -2.41. The molecule has 3 rings (SSSR count). The molecule has 130 valence electrons. The molecule has 0 bridgehead atoms. The Morgan fingerprint density at radius 3 is 2.67 bits per heavy atom. The van der Waals surface area contributed by atoms with Crippen LogP contribution in [0.2, 0.25) is 0 Å². The van der Waals surface area contributed by atoms with E-state index in [1.807, 2.05) is 20.8 Å². The summed E-state index contributed by atoms with van der Waals surface area (Å²) in [5.74, 6) is 1.15. The summed E-state index contributed by atoms with van der Waals surface area (Å²) < 4.78 is 17.1. The maximum atomic E-state index is 12.1. The van der Waals surface area contributed by atoms with Crippen molar-refractivity contribution in [3.05, 3.63) is 34.3 Å². The topological polar surface area (TPSA) is 61.8 Å². The van der Waals surface area contributed by atoms with E-state index in [1.165, 1.54) is 11.1 Å². The fourth-order valence-electron chi connectivity index (χ4n) is 3.27. The van der Waals surface area contributed by atoms with Crippen LogP contribution in [0.25, 0.3) is 0 Å². The second-order valence-electron chi connectivity index (χ2n) is 7.16. The maximum absolute atomic E-state index is 12.1. The molecule has 0 radical (unpaired) electrons. The van der Waals surface area contributed by atoms with E-state index in [0.29, 0.717) is 18.4 Å². The summed E-state index contributed by atoms with van der Waals surface area (Å²) in [5, 5.41) is 0. The summed E-state index contributed by atoms with van der Waals surface area (Å²) >= 11 is 0. The van der Waals surface area contributed by atoms with Gasteiger partial charge in [0, 0.05) is 18.4 Å². The van der Waals surface area contributed by atoms with Crippen molar-refractivity contribution < 1.29 is 23.8 Å². The third-order valence-electron chi connectivity index (χ3n) is 5.01. The normalized spacial score (nSPS) is 24.2. The van der Waals surface area contributed by atoms with Gasteiger partial charge in [0.15, 0.2) is 0 Å². The average molecular weight is 332 g/mol. The standard InChI is InChI=1S/C19H24O5/c1-5-11(2)18(21)24-19(3,4)16-9-13-8-12-6-7-17(20)23-14(12)10-15(13)22-16/h5,16H,6-10H2,1-4H3/b11-5+. The monoisotopic (exact) mass is 332 g/mol. The first-order valence-corrected chi connectivity index (χ1v) is 8.45. The number of carbonyl (C=O) groups excluding carboxylic acids is 2. The van der Waals surface area contributed by atoms with Gasteiger partial charge < -0.3 is 14.2 Å². The zero-order valence-corrected chi connectivity index (χ0v) is 14.7. The van der Waals surface area contributed by atoms with Crippen LogP contribution in [0.15, 0.2) is 34.3 Å². The average Bonchev–Trinajstić information content (AvgIpc) is 2.95. The first-order valence-electron chi connectivity index (χ1n) is 8.45. The number of esters is 2. The zero-order valence-electron chi connectivity index (χ0n) is 14.7. The summed E-state index contributed by atoms with van der Waals surface area (Å²) in [6.45, 7) is 7.31. The smallest absolute Gasteiger partial charge is 0.334 e. The van der Waals surface area contributed by atoms with Crippen molar-refractivity contribution in [2.75, 3.05) is 0 Å². The molecule has 2 aliphatic heterocycles. The zero-order chi connectivity index (χ0) is 17.5. The van der Waals surface area contributed by atoms with Gasteiger partial charge in [0.1, 0.15) is 23.2 Å². The molecule has 0 aromatic heterocycles. The lowest BCUT2D eigenvalue weighted by atomic mass is 9.88. The van der Waals surface area contributed by atoms with Crippen LogP contribution in [0.4, 0.5) is 0 Å². The Balaban J connectivity index is 1.67. The lowest BCUT2D eigenvalue weighted by Gasteiger charge is -2.31. The van der Waals surface area contributed by atoms with Gasteiger partial charge in [0.05, 0.1) is 6.42 Å². The molecule has 0 amide bonds. The lowest BCUT2D eigenvalue weighted by molar-refractivity contribution is -0.163. The predicted octanol–water partition coefficient (Wildman–Crippen LogP) is 3.70. The van der Waals surface area contributed by atoms with Gasteiger partial charge >= 0.3 is 11.9 Å². The minimum atomic E-state index is -0.726. The highest BCUT2D eigenvalue weighted by Gasteiger charge is 2.43. The van der Waals surface area contributed by atoms with Crippen LogP contribution < -0.4 is 0 Å². The number of carbonyl (C=O) groups is 2. The van der Waals surface area contributed by atoms with Crippen molar-refractivity contribution in [1.29, 1.82) is 0 Å². The van der Waals surface area contributed by atoms with E-state index in [2.05, 4.69) is 0 Å². The quantitative estimate of drug-likeness (QED) is 0.582. The number of rotatable bonds is 3. The van der Waals surface area contributed by atoms with Gasteiger partial charge in [-0.3, -0.25) is 4.79 Å². The Kier molecular flexibility index (Phi) is 4.28. The van der Waals surface area contributed by atoms with E-state index in [1.54, 1.807) is 13.0 Å². The summed E-state index contributed by atoms with van der Waals surface area (Å²) in [6.07, 6.45) is 4.83. The second kappa shape index (κ2) is 6.11. The van der Waals surface area contributed by atoms with E-state index >= 15 is 0 Å². The molecular formula is C19H24O5. The molecule has 5 nitrogen and oxygen atoms in total. The van der Waals surface area contributed by atoms with Crippen LogP contribution >= 0.6 is 0 Å². The van der Waals surface area contributed by atoms with Crippen molar-refractivity contribution in [3.8, 4) is 0 Å². The minimum absolute atomic E-state index is 0.163. The molecule has 0 aromatic carbocycles. The molecule has 3 aliphatic rings. The predicted molar refractivity (Wildman–Crippen MR) is 87.7 cm³/mol. The van der Waals surface area contributed by atoms with Crippen molar-refractivity contribution in [3.63, 3.8) is 0 Å². The molecule has 0 fully saturated rings. The van der Waals surface area contributed by atoms with Crippen molar-refractivity contribution in [1.82, 2.24) is 0 Å². The molecule has 0 saturated heterocycles. The molecule has 1 aliphatic carbocycles. The molecule has 0 aromatic rings. The summed E-state index contributed by atoms with van der Waals surface area (Å²) in [4.78, 5) is 23.5. The van der Waals surface area contributed by atoms with Gasteiger partial charge in [-0.1, -0.05) is 6.08 Å². The van der Waals surface area contributed by atoms with Crippen LogP contribution in [0.5, 0.6) is 0 Å². The number of hydrogen-bond acceptors (Lipinski definition) is 5. The van der Waals surface area contributed by atoms with Gasteiger partial charge in [0.25, 0.3) is 0 Å². The van der Waals surface area contributed by atoms with E-state index < -0.39 is 5.60 Å². The van der Waals surface area contributed by atoms with Crippen molar-refractivity contribution >= 4 is 11.9 Å². The number of hydrogen-bond donors (Lipinski definition) is 0. The van der Waals surface area contributed by atoms with Gasteiger partial charge in [-0.15, -0.1) is 0 Å². The first kappa shape index (κ1) is 16.8. The largest absolute Gasteiger partial charge is 0.490 e. The van der Waals surface area contributed by atoms with Crippen molar-refractivity contribution in [2.45, 2.75) is 71.5 Å². The maximum Gasteiger partial charge on any atom is 0.334 e. The molecular weight excluding hydrogens is 308 g/mol. The Morgan fingerprint density at radius 1 is 1.21 bits per heavy atom. The third kappa shape index (κ3) is 3.12. The van der Waals surface area contributed by atoms with E-state index in [0.717, 1.165) is 30.8 Å². The molecule has 5 heteroatoms. The highest BCUT2D eigenvalue weighted by atomic mass is 16.6. The minimum Gasteiger partial charge on any atom is -0.490 e. The molecule has 24 heavy (non-hydrogen) atoms. The summed E-state index contributed by atoms with van der Waals surface area (Å²) in [7, 11) is 0. The van der Waals surface area contributed by atoms with Crippen LogP contribution in [-0.4, -0.2) is 23.6 Å². The molecule has 1 unspecified atom stereocenters. The Labute approximate surface area is 142 Å². The Hall–Kier alpha value is -2.04. The van der Waals surface area contributed by atoms with E-state index in [-0.39, 0.29) is 18.0 Å². The van der Waals surface area contributed by atoms with Gasteiger partial charge in [-0.2, -0.15) is 0 Å². The third-order valence-corrected chi connectivity index (χ3v) is 5.01. The van der Waals surface area contributed by atoms with Crippen LogP contribution in [0.3, 0.4) is 0 Å². The fraction of sp³-hybridized carbons (Fsp3) is 0.579. The van der Waals surface area contributed by atoms with Crippen LogP contribution in [-0.2, 0) is 23.8 Å².